The van der Waals surface area contributed by atoms with Gasteiger partial charge in [-0.15, -0.1) is 0 Å². The third-order valence-corrected chi connectivity index (χ3v) is 4.00. The number of esters is 1. The zero-order chi connectivity index (χ0) is 19.6. The Morgan fingerprint density at radius 2 is 1.89 bits per heavy atom. The van der Waals surface area contributed by atoms with Gasteiger partial charge < -0.3 is 14.5 Å². The van der Waals surface area contributed by atoms with Crippen LogP contribution in [0.25, 0.3) is 11.0 Å². The third kappa shape index (κ3) is 3.87. The Balaban J connectivity index is 1.68. The number of rotatable bonds is 5. The minimum Gasteiger partial charge on any atom is -0.450 e. The summed E-state index contributed by atoms with van der Waals surface area (Å²) >= 11 is 0. The fourth-order valence-electron chi connectivity index (χ4n) is 2.67. The van der Waals surface area contributed by atoms with Crippen LogP contribution in [0.2, 0.25) is 0 Å². The number of fused-ring (bicyclic) bond motifs is 1. The van der Waals surface area contributed by atoms with Crippen LogP contribution in [0.3, 0.4) is 0 Å². The van der Waals surface area contributed by atoms with E-state index in [4.69, 9.17) is 9.15 Å². The molecule has 1 aromatic heterocycles. The van der Waals surface area contributed by atoms with Crippen molar-refractivity contribution in [2.24, 2.45) is 0 Å². The minimum atomic E-state index is -0.834. The molecule has 0 aliphatic carbocycles. The van der Waals surface area contributed by atoms with Gasteiger partial charge in [-0.25, -0.2) is 9.18 Å². The van der Waals surface area contributed by atoms with Gasteiger partial charge in [0.2, 0.25) is 5.76 Å². The number of furan rings is 1. The highest BCUT2D eigenvalue weighted by Gasteiger charge is 2.20. The van der Waals surface area contributed by atoms with Gasteiger partial charge in [0.15, 0.2) is 12.4 Å². The SMILES string of the molecule is CC(=O)c1ccccc1NC(=O)COC(=O)c1oc2ccc(F)cc2c1C. The molecule has 0 saturated carbocycles. The summed E-state index contributed by atoms with van der Waals surface area (Å²) in [6.45, 7) is 2.43. The Hall–Kier alpha value is -3.48. The summed E-state index contributed by atoms with van der Waals surface area (Å²) in [5.41, 5.74) is 1.46. The number of hydrogen-bond acceptors (Lipinski definition) is 5. The molecule has 0 unspecified atom stereocenters. The molecule has 0 aliphatic heterocycles. The zero-order valence-electron chi connectivity index (χ0n) is 14.7. The summed E-state index contributed by atoms with van der Waals surface area (Å²) in [5.74, 6) is -2.17. The van der Waals surface area contributed by atoms with Crippen LogP contribution >= 0.6 is 0 Å². The number of halogens is 1. The number of benzene rings is 2. The van der Waals surface area contributed by atoms with E-state index in [1.807, 2.05) is 0 Å². The number of amides is 1. The predicted octanol–water partition coefficient (Wildman–Crippen LogP) is 3.88. The molecule has 1 N–H and O–H groups in total. The molecule has 6 nitrogen and oxygen atoms in total. The van der Waals surface area contributed by atoms with E-state index in [2.05, 4.69) is 5.32 Å². The molecule has 0 radical (unpaired) electrons. The van der Waals surface area contributed by atoms with Gasteiger partial charge in [0.1, 0.15) is 11.4 Å². The molecule has 0 spiro atoms. The topological polar surface area (TPSA) is 85.6 Å². The summed E-state index contributed by atoms with van der Waals surface area (Å²) in [5, 5.41) is 2.99. The second kappa shape index (κ2) is 7.41. The molecule has 0 fully saturated rings. The predicted molar refractivity (Wildman–Crippen MR) is 96.3 cm³/mol. The Morgan fingerprint density at radius 1 is 1.15 bits per heavy atom. The largest absolute Gasteiger partial charge is 0.450 e. The highest BCUT2D eigenvalue weighted by atomic mass is 19.1. The van der Waals surface area contributed by atoms with E-state index < -0.39 is 24.3 Å². The fraction of sp³-hybridized carbons (Fsp3) is 0.150. The summed E-state index contributed by atoms with van der Waals surface area (Å²) in [6, 6.07) is 10.4. The lowest BCUT2D eigenvalue weighted by atomic mass is 10.1. The van der Waals surface area contributed by atoms with Gasteiger partial charge >= 0.3 is 5.97 Å². The highest BCUT2D eigenvalue weighted by Crippen LogP contribution is 2.26. The average Bonchev–Trinajstić information content (AvgIpc) is 2.96. The molecule has 2 aromatic carbocycles. The van der Waals surface area contributed by atoms with Crippen molar-refractivity contribution in [1.29, 1.82) is 0 Å². The Morgan fingerprint density at radius 3 is 2.63 bits per heavy atom. The number of nitrogens with one attached hydrogen (secondary N) is 1. The number of hydrogen-bond donors (Lipinski definition) is 1. The molecule has 0 atom stereocenters. The first-order chi connectivity index (χ1) is 12.9. The van der Waals surface area contributed by atoms with Crippen molar-refractivity contribution in [1.82, 2.24) is 0 Å². The first-order valence-corrected chi connectivity index (χ1v) is 8.12. The molecule has 3 aromatic rings. The van der Waals surface area contributed by atoms with Crippen molar-refractivity contribution in [2.45, 2.75) is 13.8 Å². The van der Waals surface area contributed by atoms with Crippen molar-refractivity contribution in [3.8, 4) is 0 Å². The minimum absolute atomic E-state index is 0.0902. The van der Waals surface area contributed by atoms with Crippen LogP contribution in [0.1, 0.15) is 33.4 Å². The van der Waals surface area contributed by atoms with Gasteiger partial charge in [0, 0.05) is 16.5 Å². The van der Waals surface area contributed by atoms with Crippen LogP contribution in [-0.2, 0) is 9.53 Å². The Bertz CT molecular complexity index is 1050. The van der Waals surface area contributed by atoms with E-state index in [0.29, 0.717) is 27.8 Å². The van der Waals surface area contributed by atoms with Gasteiger partial charge in [-0.3, -0.25) is 9.59 Å². The van der Waals surface area contributed by atoms with Crippen LogP contribution in [0.4, 0.5) is 10.1 Å². The molecule has 0 bridgehead atoms. The molecule has 7 heteroatoms. The molecular formula is C20H16FNO5. The first kappa shape index (κ1) is 18.3. The third-order valence-electron chi connectivity index (χ3n) is 4.00. The van der Waals surface area contributed by atoms with E-state index in [1.165, 1.54) is 25.1 Å². The Labute approximate surface area is 153 Å². The molecular weight excluding hydrogens is 353 g/mol. The number of para-hydroxylation sites is 1. The van der Waals surface area contributed by atoms with Crippen LogP contribution < -0.4 is 5.32 Å². The number of ketones is 1. The highest BCUT2D eigenvalue weighted by molar-refractivity contribution is 6.04. The smallest absolute Gasteiger partial charge is 0.375 e. The Kier molecular flexibility index (Phi) is 5.03. The standard InChI is InChI=1S/C20H16FNO5/c1-11-15-9-13(21)7-8-17(15)27-19(11)20(25)26-10-18(24)22-16-6-4-3-5-14(16)12(2)23/h3-9H,10H2,1-2H3,(H,22,24). The molecule has 1 heterocycles. The van der Waals surface area contributed by atoms with Crippen LogP contribution in [-0.4, -0.2) is 24.3 Å². The van der Waals surface area contributed by atoms with E-state index in [9.17, 15) is 18.8 Å². The van der Waals surface area contributed by atoms with Crippen LogP contribution in [0, 0.1) is 12.7 Å². The van der Waals surface area contributed by atoms with E-state index in [1.54, 1.807) is 31.2 Å². The maximum absolute atomic E-state index is 13.3. The summed E-state index contributed by atoms with van der Waals surface area (Å²) in [4.78, 5) is 35.8. The second-order valence-electron chi connectivity index (χ2n) is 5.92. The second-order valence-corrected chi connectivity index (χ2v) is 5.92. The van der Waals surface area contributed by atoms with E-state index in [0.717, 1.165) is 0 Å². The van der Waals surface area contributed by atoms with Crippen molar-refractivity contribution < 1.29 is 27.9 Å². The lowest BCUT2D eigenvalue weighted by Gasteiger charge is -2.09. The zero-order valence-corrected chi connectivity index (χ0v) is 14.7. The number of anilines is 1. The van der Waals surface area contributed by atoms with Crippen LogP contribution in [0.5, 0.6) is 0 Å². The molecule has 138 valence electrons. The maximum Gasteiger partial charge on any atom is 0.375 e. The normalized spacial score (nSPS) is 10.6. The summed E-state index contributed by atoms with van der Waals surface area (Å²) < 4.78 is 23.7. The van der Waals surface area contributed by atoms with Gasteiger partial charge in [0.05, 0.1) is 5.69 Å². The maximum atomic E-state index is 13.3. The van der Waals surface area contributed by atoms with E-state index in [-0.39, 0.29) is 11.5 Å². The number of carbonyl (C=O) groups is 3. The molecule has 0 saturated heterocycles. The van der Waals surface area contributed by atoms with Gasteiger partial charge in [0.25, 0.3) is 5.91 Å². The molecule has 27 heavy (non-hydrogen) atoms. The van der Waals surface area contributed by atoms with Crippen molar-refractivity contribution in [2.75, 3.05) is 11.9 Å². The summed E-state index contributed by atoms with van der Waals surface area (Å²) in [6.07, 6.45) is 0. The van der Waals surface area contributed by atoms with Gasteiger partial charge in [-0.1, -0.05) is 12.1 Å². The van der Waals surface area contributed by atoms with Crippen molar-refractivity contribution in [3.05, 3.63) is 65.2 Å². The summed E-state index contributed by atoms with van der Waals surface area (Å²) in [7, 11) is 0. The lowest BCUT2D eigenvalue weighted by Crippen LogP contribution is -2.22. The lowest BCUT2D eigenvalue weighted by molar-refractivity contribution is -0.119. The number of ether oxygens (including phenoxy) is 1. The average molecular weight is 369 g/mol. The van der Waals surface area contributed by atoms with Crippen molar-refractivity contribution in [3.63, 3.8) is 0 Å². The first-order valence-electron chi connectivity index (χ1n) is 8.12. The number of Topliss-reactive ketones (excluding diaryl/α,β-unsaturated/α-hetero) is 1. The molecule has 3 rings (SSSR count). The number of carbonyl (C=O) groups excluding carboxylic acids is 3. The fourth-order valence-corrected chi connectivity index (χ4v) is 2.67. The van der Waals surface area contributed by atoms with Gasteiger partial charge in [-0.05, 0) is 44.2 Å². The quantitative estimate of drug-likeness (QED) is 0.545. The van der Waals surface area contributed by atoms with Crippen LogP contribution in [0.15, 0.2) is 46.9 Å². The van der Waals surface area contributed by atoms with Gasteiger partial charge in [-0.2, -0.15) is 0 Å². The molecule has 1 amide bonds. The molecule has 0 aliphatic rings. The van der Waals surface area contributed by atoms with Crippen molar-refractivity contribution >= 4 is 34.3 Å². The number of aryl methyl sites for hydroxylation is 1. The van der Waals surface area contributed by atoms with E-state index >= 15 is 0 Å². The monoisotopic (exact) mass is 369 g/mol.